The number of hydrogen-bond acceptors (Lipinski definition) is 4. The van der Waals surface area contributed by atoms with Crippen molar-refractivity contribution >= 4 is 6.29 Å². The van der Waals surface area contributed by atoms with Crippen molar-refractivity contribution in [3.05, 3.63) is 59.4 Å². The van der Waals surface area contributed by atoms with Crippen molar-refractivity contribution < 1.29 is 9.53 Å². The van der Waals surface area contributed by atoms with E-state index in [1.54, 1.807) is 19.4 Å². The molecular formula is C16H18N2O2. The van der Waals surface area contributed by atoms with Gasteiger partial charge >= 0.3 is 0 Å². The molecule has 2 rings (SSSR count). The second-order valence-corrected chi connectivity index (χ2v) is 4.68. The first-order chi connectivity index (χ1) is 9.72. The highest BCUT2D eigenvalue weighted by molar-refractivity contribution is 5.75. The average Bonchev–Trinajstić information content (AvgIpc) is 2.48. The van der Waals surface area contributed by atoms with Gasteiger partial charge < -0.3 is 4.74 Å². The number of ether oxygens (including phenoxy) is 1. The van der Waals surface area contributed by atoms with Crippen LogP contribution in [-0.2, 0) is 13.1 Å². The summed E-state index contributed by atoms with van der Waals surface area (Å²) in [6.45, 7) is 1.44. The molecule has 1 aromatic carbocycles. The van der Waals surface area contributed by atoms with Crippen LogP contribution in [0.4, 0.5) is 0 Å². The topological polar surface area (TPSA) is 42.4 Å². The SMILES string of the molecule is COc1ccc(C=O)cc1CN(C)Cc1ccccn1. The molecule has 0 amide bonds. The molecule has 0 aliphatic rings. The van der Waals surface area contributed by atoms with E-state index < -0.39 is 0 Å². The Morgan fingerprint density at radius 2 is 2.10 bits per heavy atom. The van der Waals surface area contributed by atoms with Crippen LogP contribution in [-0.4, -0.2) is 30.3 Å². The van der Waals surface area contributed by atoms with E-state index >= 15 is 0 Å². The minimum Gasteiger partial charge on any atom is -0.496 e. The molecule has 0 saturated carbocycles. The van der Waals surface area contributed by atoms with E-state index in [9.17, 15) is 4.79 Å². The molecule has 0 aliphatic heterocycles. The Balaban J connectivity index is 2.10. The number of aromatic nitrogens is 1. The third kappa shape index (κ3) is 3.65. The van der Waals surface area contributed by atoms with Gasteiger partial charge in [-0.05, 0) is 37.4 Å². The molecule has 4 heteroatoms. The van der Waals surface area contributed by atoms with Crippen LogP contribution in [0, 0.1) is 0 Å². The zero-order chi connectivity index (χ0) is 14.4. The summed E-state index contributed by atoms with van der Waals surface area (Å²) in [4.78, 5) is 17.3. The first-order valence-electron chi connectivity index (χ1n) is 6.43. The smallest absolute Gasteiger partial charge is 0.150 e. The molecule has 1 heterocycles. The highest BCUT2D eigenvalue weighted by Crippen LogP contribution is 2.21. The Hall–Kier alpha value is -2.20. The fourth-order valence-electron chi connectivity index (χ4n) is 2.11. The van der Waals surface area contributed by atoms with E-state index in [4.69, 9.17) is 4.74 Å². The number of methoxy groups -OCH3 is 1. The molecule has 104 valence electrons. The minimum atomic E-state index is 0.659. The summed E-state index contributed by atoms with van der Waals surface area (Å²) in [6, 6.07) is 11.3. The fraction of sp³-hybridized carbons (Fsp3) is 0.250. The van der Waals surface area contributed by atoms with Gasteiger partial charge in [-0.25, -0.2) is 0 Å². The van der Waals surface area contributed by atoms with Crippen molar-refractivity contribution in [1.82, 2.24) is 9.88 Å². The van der Waals surface area contributed by atoms with Crippen molar-refractivity contribution in [2.24, 2.45) is 0 Å². The maximum Gasteiger partial charge on any atom is 0.150 e. The Bertz CT molecular complexity index is 570. The quantitative estimate of drug-likeness (QED) is 0.756. The van der Waals surface area contributed by atoms with Gasteiger partial charge in [0, 0.05) is 30.4 Å². The summed E-state index contributed by atoms with van der Waals surface area (Å²) >= 11 is 0. The molecule has 0 fully saturated rings. The summed E-state index contributed by atoms with van der Waals surface area (Å²) in [7, 11) is 3.65. The molecule has 2 aromatic rings. The lowest BCUT2D eigenvalue weighted by Crippen LogP contribution is -2.18. The third-order valence-electron chi connectivity index (χ3n) is 3.04. The number of carbonyl (C=O) groups excluding carboxylic acids is 1. The van der Waals surface area contributed by atoms with Crippen molar-refractivity contribution in [3.8, 4) is 5.75 Å². The van der Waals surface area contributed by atoms with Gasteiger partial charge in [-0.1, -0.05) is 6.07 Å². The predicted molar refractivity (Wildman–Crippen MR) is 77.8 cm³/mol. The predicted octanol–water partition coefficient (Wildman–Crippen LogP) is 2.53. The molecule has 0 bridgehead atoms. The number of pyridine rings is 1. The van der Waals surface area contributed by atoms with Gasteiger partial charge in [0.25, 0.3) is 0 Å². The Kier molecular flexibility index (Phi) is 4.85. The lowest BCUT2D eigenvalue weighted by molar-refractivity contribution is 0.112. The van der Waals surface area contributed by atoms with Crippen molar-refractivity contribution in [3.63, 3.8) is 0 Å². The molecule has 0 atom stereocenters. The maximum atomic E-state index is 10.9. The number of benzene rings is 1. The molecule has 4 nitrogen and oxygen atoms in total. The van der Waals surface area contributed by atoms with E-state index in [-0.39, 0.29) is 0 Å². The van der Waals surface area contributed by atoms with Crippen molar-refractivity contribution in [1.29, 1.82) is 0 Å². The molecule has 0 aliphatic carbocycles. The number of rotatable bonds is 6. The maximum absolute atomic E-state index is 10.9. The average molecular weight is 270 g/mol. The van der Waals surface area contributed by atoms with E-state index in [0.29, 0.717) is 12.1 Å². The number of hydrogen-bond donors (Lipinski definition) is 0. The Morgan fingerprint density at radius 1 is 1.25 bits per heavy atom. The lowest BCUT2D eigenvalue weighted by atomic mass is 10.1. The third-order valence-corrected chi connectivity index (χ3v) is 3.04. The highest BCUT2D eigenvalue weighted by Gasteiger charge is 2.08. The first-order valence-corrected chi connectivity index (χ1v) is 6.43. The zero-order valence-electron chi connectivity index (χ0n) is 11.7. The van der Waals surface area contributed by atoms with Crippen molar-refractivity contribution in [2.45, 2.75) is 13.1 Å². The Labute approximate surface area is 119 Å². The van der Waals surface area contributed by atoms with Gasteiger partial charge in [0.2, 0.25) is 0 Å². The Morgan fingerprint density at radius 3 is 2.75 bits per heavy atom. The van der Waals surface area contributed by atoms with Crippen LogP contribution in [0.1, 0.15) is 21.6 Å². The van der Waals surface area contributed by atoms with E-state index in [2.05, 4.69) is 9.88 Å². The second-order valence-electron chi connectivity index (χ2n) is 4.68. The van der Waals surface area contributed by atoms with Crippen LogP contribution in [0.2, 0.25) is 0 Å². The van der Waals surface area contributed by atoms with Gasteiger partial charge in [-0.3, -0.25) is 14.7 Å². The largest absolute Gasteiger partial charge is 0.496 e. The van der Waals surface area contributed by atoms with Gasteiger partial charge in [-0.15, -0.1) is 0 Å². The van der Waals surface area contributed by atoms with E-state index in [1.165, 1.54) is 0 Å². The summed E-state index contributed by atoms with van der Waals surface area (Å²) in [5.74, 6) is 0.795. The van der Waals surface area contributed by atoms with Crippen LogP contribution < -0.4 is 4.74 Å². The molecular weight excluding hydrogens is 252 g/mol. The van der Waals surface area contributed by atoms with Gasteiger partial charge in [0.15, 0.2) is 0 Å². The van der Waals surface area contributed by atoms with E-state index in [0.717, 1.165) is 29.8 Å². The highest BCUT2D eigenvalue weighted by atomic mass is 16.5. The zero-order valence-corrected chi connectivity index (χ0v) is 11.7. The molecule has 20 heavy (non-hydrogen) atoms. The van der Waals surface area contributed by atoms with Gasteiger partial charge in [0.05, 0.1) is 12.8 Å². The lowest BCUT2D eigenvalue weighted by Gasteiger charge is -2.18. The molecule has 0 N–H and O–H groups in total. The van der Waals surface area contributed by atoms with Crippen LogP contribution in [0.5, 0.6) is 5.75 Å². The molecule has 0 unspecified atom stereocenters. The number of aldehydes is 1. The second kappa shape index (κ2) is 6.82. The molecule has 0 spiro atoms. The summed E-state index contributed by atoms with van der Waals surface area (Å²) in [5, 5.41) is 0. The fourth-order valence-corrected chi connectivity index (χ4v) is 2.11. The summed E-state index contributed by atoms with van der Waals surface area (Å²) in [6.07, 6.45) is 2.64. The molecule has 0 radical (unpaired) electrons. The number of carbonyl (C=O) groups is 1. The van der Waals surface area contributed by atoms with Gasteiger partial charge in [-0.2, -0.15) is 0 Å². The summed E-state index contributed by atoms with van der Waals surface area (Å²) in [5.41, 5.74) is 2.67. The molecule has 1 aromatic heterocycles. The minimum absolute atomic E-state index is 0.659. The first kappa shape index (κ1) is 14.2. The normalized spacial score (nSPS) is 10.6. The van der Waals surface area contributed by atoms with Gasteiger partial charge in [0.1, 0.15) is 12.0 Å². The standard InChI is InChI=1S/C16H18N2O2/c1-18(11-15-5-3-4-8-17-15)10-14-9-13(12-19)6-7-16(14)20-2/h3-9,12H,10-11H2,1-2H3. The number of nitrogens with zero attached hydrogens (tertiary/aromatic N) is 2. The van der Waals surface area contributed by atoms with Crippen LogP contribution in [0.15, 0.2) is 42.6 Å². The van der Waals surface area contributed by atoms with Crippen molar-refractivity contribution in [2.75, 3.05) is 14.2 Å². The summed E-state index contributed by atoms with van der Waals surface area (Å²) < 4.78 is 5.34. The van der Waals surface area contributed by atoms with E-state index in [1.807, 2.05) is 37.4 Å². The van der Waals surface area contributed by atoms with Crippen LogP contribution in [0.3, 0.4) is 0 Å². The monoisotopic (exact) mass is 270 g/mol. The molecule has 0 saturated heterocycles. The van der Waals surface area contributed by atoms with Crippen LogP contribution >= 0.6 is 0 Å². The van der Waals surface area contributed by atoms with Crippen LogP contribution in [0.25, 0.3) is 0 Å².